The number of anilines is 1. The van der Waals surface area contributed by atoms with E-state index in [-0.39, 0.29) is 6.10 Å². The van der Waals surface area contributed by atoms with E-state index in [9.17, 15) is 0 Å². The van der Waals surface area contributed by atoms with Gasteiger partial charge in [-0.25, -0.2) is 0 Å². The number of ether oxygens (including phenoxy) is 3. The van der Waals surface area contributed by atoms with Crippen molar-refractivity contribution in [3.05, 3.63) is 54.1 Å². The Morgan fingerprint density at radius 3 is 2.52 bits per heavy atom. The third-order valence-corrected chi connectivity index (χ3v) is 5.20. The summed E-state index contributed by atoms with van der Waals surface area (Å²) < 4.78 is 17.6. The van der Waals surface area contributed by atoms with Crippen molar-refractivity contribution < 1.29 is 14.2 Å². The number of hydrogen-bond acceptors (Lipinski definition) is 5. The summed E-state index contributed by atoms with van der Waals surface area (Å²) in [6.07, 6.45) is 0.0942. The van der Waals surface area contributed by atoms with Crippen molar-refractivity contribution in [1.29, 1.82) is 0 Å². The fraction of sp³-hybridized carbons (Fsp3) is 0.455. The lowest BCUT2D eigenvalue weighted by molar-refractivity contribution is 0.0571. The van der Waals surface area contributed by atoms with Gasteiger partial charge < -0.3 is 19.1 Å². The summed E-state index contributed by atoms with van der Waals surface area (Å²) in [7, 11) is 0. The zero-order valence-electron chi connectivity index (χ0n) is 16.0. The van der Waals surface area contributed by atoms with E-state index in [1.807, 2.05) is 31.2 Å². The molecular weight excluding hydrogens is 340 g/mol. The molecule has 27 heavy (non-hydrogen) atoms. The smallest absolute Gasteiger partial charge is 0.161 e. The highest BCUT2D eigenvalue weighted by molar-refractivity contribution is 5.53. The molecule has 5 heteroatoms. The standard InChI is InChI=1S/C22H28N2O3/c1-2-25-16-18-7-3-4-8-20(18)24-13-11-23(12-14-24)15-19-17-26-21-9-5-6-10-22(21)27-19/h3-10,19H,2,11-17H2,1H3. The van der Waals surface area contributed by atoms with Crippen LogP contribution in [0.5, 0.6) is 11.5 Å². The Morgan fingerprint density at radius 2 is 1.70 bits per heavy atom. The van der Waals surface area contributed by atoms with Crippen LogP contribution in [0.3, 0.4) is 0 Å². The Balaban J connectivity index is 1.31. The summed E-state index contributed by atoms with van der Waals surface area (Å²) in [6.45, 7) is 9.10. The zero-order chi connectivity index (χ0) is 18.5. The Kier molecular flexibility index (Phi) is 5.80. The first-order chi connectivity index (χ1) is 13.3. The van der Waals surface area contributed by atoms with Crippen molar-refractivity contribution in [2.75, 3.05) is 50.8 Å². The Hall–Kier alpha value is -2.24. The number of fused-ring (bicyclic) bond motifs is 1. The molecule has 144 valence electrons. The van der Waals surface area contributed by atoms with Crippen LogP contribution in [-0.4, -0.2) is 56.9 Å². The van der Waals surface area contributed by atoms with Gasteiger partial charge in [0.1, 0.15) is 12.7 Å². The average molecular weight is 368 g/mol. The first-order valence-electron chi connectivity index (χ1n) is 9.85. The highest BCUT2D eigenvalue weighted by Crippen LogP contribution is 2.31. The lowest BCUT2D eigenvalue weighted by atomic mass is 10.1. The molecule has 0 N–H and O–H groups in total. The summed E-state index contributed by atoms with van der Waals surface area (Å²) in [6, 6.07) is 16.5. The van der Waals surface area contributed by atoms with Gasteiger partial charge in [0.2, 0.25) is 0 Å². The molecule has 2 aromatic rings. The predicted octanol–water partition coefficient (Wildman–Crippen LogP) is 3.19. The molecule has 0 amide bonds. The Labute approximate surface area is 161 Å². The minimum Gasteiger partial charge on any atom is -0.486 e. The average Bonchev–Trinajstić information content (AvgIpc) is 2.73. The van der Waals surface area contributed by atoms with E-state index in [1.54, 1.807) is 0 Å². The molecule has 0 bridgehead atoms. The summed E-state index contributed by atoms with van der Waals surface area (Å²) in [5.41, 5.74) is 2.57. The van der Waals surface area contributed by atoms with Crippen molar-refractivity contribution in [2.45, 2.75) is 19.6 Å². The van der Waals surface area contributed by atoms with Crippen LogP contribution in [0.4, 0.5) is 5.69 Å². The molecule has 1 unspecified atom stereocenters. The van der Waals surface area contributed by atoms with E-state index < -0.39 is 0 Å². The largest absolute Gasteiger partial charge is 0.486 e. The second kappa shape index (κ2) is 8.63. The highest BCUT2D eigenvalue weighted by Gasteiger charge is 2.25. The van der Waals surface area contributed by atoms with Gasteiger partial charge in [-0.2, -0.15) is 0 Å². The van der Waals surface area contributed by atoms with Crippen LogP contribution in [-0.2, 0) is 11.3 Å². The van der Waals surface area contributed by atoms with E-state index in [2.05, 4.69) is 34.1 Å². The molecule has 4 rings (SSSR count). The van der Waals surface area contributed by atoms with Crippen LogP contribution < -0.4 is 14.4 Å². The SMILES string of the molecule is CCOCc1ccccc1N1CCN(CC2COc3ccccc3O2)CC1. The van der Waals surface area contributed by atoms with E-state index >= 15 is 0 Å². The second-order valence-electron chi connectivity index (χ2n) is 7.05. The van der Waals surface area contributed by atoms with Crippen LogP contribution in [0, 0.1) is 0 Å². The third-order valence-electron chi connectivity index (χ3n) is 5.20. The lowest BCUT2D eigenvalue weighted by Crippen LogP contribution is -2.50. The van der Waals surface area contributed by atoms with Crippen LogP contribution in [0.1, 0.15) is 12.5 Å². The first-order valence-corrected chi connectivity index (χ1v) is 9.85. The normalized spacial score (nSPS) is 19.9. The van der Waals surface area contributed by atoms with Gasteiger partial charge >= 0.3 is 0 Å². The summed E-state index contributed by atoms with van der Waals surface area (Å²) in [5, 5.41) is 0. The van der Waals surface area contributed by atoms with Crippen LogP contribution >= 0.6 is 0 Å². The maximum absolute atomic E-state index is 6.11. The van der Waals surface area contributed by atoms with Gasteiger partial charge in [0.25, 0.3) is 0 Å². The second-order valence-corrected chi connectivity index (χ2v) is 7.05. The molecule has 5 nitrogen and oxygen atoms in total. The molecule has 2 aliphatic rings. The summed E-state index contributed by atoms with van der Waals surface area (Å²) >= 11 is 0. The summed E-state index contributed by atoms with van der Waals surface area (Å²) in [5.74, 6) is 1.71. The van der Waals surface area contributed by atoms with Gasteiger partial charge in [-0.3, -0.25) is 4.90 Å². The molecule has 1 fully saturated rings. The number of rotatable bonds is 6. The molecule has 0 aromatic heterocycles. The van der Waals surface area contributed by atoms with Crippen LogP contribution in [0.15, 0.2) is 48.5 Å². The molecule has 0 saturated carbocycles. The van der Waals surface area contributed by atoms with Crippen molar-refractivity contribution in [3.63, 3.8) is 0 Å². The van der Waals surface area contributed by atoms with Gasteiger partial charge in [-0.15, -0.1) is 0 Å². The fourth-order valence-electron chi connectivity index (χ4n) is 3.77. The molecule has 0 aliphatic carbocycles. The number of para-hydroxylation sites is 3. The monoisotopic (exact) mass is 368 g/mol. The number of hydrogen-bond donors (Lipinski definition) is 0. The molecule has 2 aromatic carbocycles. The molecular formula is C22H28N2O3. The van der Waals surface area contributed by atoms with Crippen molar-refractivity contribution in [2.24, 2.45) is 0 Å². The van der Waals surface area contributed by atoms with Gasteiger partial charge in [-0.05, 0) is 25.1 Å². The first kappa shape index (κ1) is 18.1. The summed E-state index contributed by atoms with van der Waals surface area (Å²) in [4.78, 5) is 4.95. The topological polar surface area (TPSA) is 34.2 Å². The zero-order valence-corrected chi connectivity index (χ0v) is 16.0. The quantitative estimate of drug-likeness (QED) is 0.782. The minimum atomic E-state index is 0.0942. The van der Waals surface area contributed by atoms with Gasteiger partial charge in [0, 0.05) is 50.6 Å². The van der Waals surface area contributed by atoms with Gasteiger partial charge in [0.05, 0.1) is 6.61 Å². The number of benzene rings is 2. The fourth-order valence-corrected chi connectivity index (χ4v) is 3.77. The molecule has 0 spiro atoms. The minimum absolute atomic E-state index is 0.0942. The third kappa shape index (κ3) is 4.37. The lowest BCUT2D eigenvalue weighted by Gasteiger charge is -2.39. The molecule has 2 aliphatic heterocycles. The van der Waals surface area contributed by atoms with E-state index in [1.165, 1.54) is 11.3 Å². The number of nitrogens with zero attached hydrogens (tertiary/aromatic N) is 2. The molecule has 0 radical (unpaired) electrons. The molecule has 1 saturated heterocycles. The Morgan fingerprint density at radius 1 is 0.963 bits per heavy atom. The van der Waals surface area contributed by atoms with E-state index in [4.69, 9.17) is 14.2 Å². The van der Waals surface area contributed by atoms with Crippen molar-refractivity contribution in [1.82, 2.24) is 4.90 Å². The maximum Gasteiger partial charge on any atom is 0.161 e. The van der Waals surface area contributed by atoms with Gasteiger partial charge in [0.15, 0.2) is 11.5 Å². The van der Waals surface area contributed by atoms with Crippen LogP contribution in [0.2, 0.25) is 0 Å². The van der Waals surface area contributed by atoms with Crippen molar-refractivity contribution in [3.8, 4) is 11.5 Å². The van der Waals surface area contributed by atoms with Gasteiger partial charge in [-0.1, -0.05) is 30.3 Å². The van der Waals surface area contributed by atoms with E-state index in [0.29, 0.717) is 13.2 Å². The van der Waals surface area contributed by atoms with Crippen molar-refractivity contribution >= 4 is 5.69 Å². The molecule has 2 heterocycles. The Bertz CT molecular complexity index is 744. The highest BCUT2D eigenvalue weighted by atomic mass is 16.6. The van der Waals surface area contributed by atoms with Crippen LogP contribution in [0.25, 0.3) is 0 Å². The maximum atomic E-state index is 6.11. The van der Waals surface area contributed by atoms with E-state index in [0.717, 1.165) is 50.8 Å². The predicted molar refractivity (Wildman–Crippen MR) is 107 cm³/mol. The molecule has 1 atom stereocenters. The number of piperazine rings is 1.